The molecule has 0 saturated heterocycles. The molecule has 0 saturated carbocycles. The first kappa shape index (κ1) is 18.0. The molecule has 0 amide bonds. The van der Waals surface area contributed by atoms with E-state index in [-0.39, 0.29) is 17.3 Å². The third kappa shape index (κ3) is 8.07. The molecule has 118 valence electrons. The van der Waals surface area contributed by atoms with Gasteiger partial charge in [0, 0.05) is 18.3 Å². The van der Waals surface area contributed by atoms with Gasteiger partial charge >= 0.3 is 5.97 Å². The van der Waals surface area contributed by atoms with Crippen LogP contribution in [-0.4, -0.2) is 27.8 Å². The Morgan fingerprint density at radius 1 is 1.29 bits per heavy atom. The molecule has 0 atom stereocenters. The van der Waals surface area contributed by atoms with Crippen molar-refractivity contribution in [3.05, 3.63) is 23.9 Å². The van der Waals surface area contributed by atoms with Gasteiger partial charge in [-0.2, -0.15) is 0 Å². The highest BCUT2D eigenvalue weighted by molar-refractivity contribution is 7.99. The van der Waals surface area contributed by atoms with Crippen LogP contribution in [0.25, 0.3) is 0 Å². The average Bonchev–Trinajstić information content (AvgIpc) is 2.32. The van der Waals surface area contributed by atoms with Crippen molar-refractivity contribution in [3.8, 4) is 0 Å². The minimum absolute atomic E-state index is 0.0446. The Kier molecular flexibility index (Phi) is 6.23. The van der Waals surface area contributed by atoms with Crippen molar-refractivity contribution < 1.29 is 9.53 Å². The van der Waals surface area contributed by atoms with E-state index in [2.05, 4.69) is 31.1 Å². The number of carbonyl (C=O) groups is 1. The maximum absolute atomic E-state index is 11.8. The van der Waals surface area contributed by atoms with Gasteiger partial charge in [-0.05, 0) is 53.2 Å². The Bertz CT molecular complexity index is 476. The molecular weight excluding hydrogens is 284 g/mol. The molecule has 1 heterocycles. The SMILES string of the molecule is CC(C)(C)NCc1cccnc1SCC(=O)OC(C)(C)C. The van der Waals surface area contributed by atoms with E-state index in [0.717, 1.165) is 17.1 Å². The Morgan fingerprint density at radius 3 is 2.52 bits per heavy atom. The zero-order chi connectivity index (χ0) is 16.1. The fourth-order valence-corrected chi connectivity index (χ4v) is 2.32. The smallest absolute Gasteiger partial charge is 0.316 e. The van der Waals surface area contributed by atoms with Crippen molar-refractivity contribution in [1.82, 2.24) is 10.3 Å². The van der Waals surface area contributed by atoms with E-state index in [0.29, 0.717) is 0 Å². The molecule has 0 unspecified atom stereocenters. The predicted octanol–water partition coefficient (Wildman–Crippen LogP) is 3.40. The summed E-state index contributed by atoms with van der Waals surface area (Å²) in [5, 5.41) is 4.31. The number of thioether (sulfide) groups is 1. The number of rotatable bonds is 5. The Labute approximate surface area is 132 Å². The van der Waals surface area contributed by atoms with Gasteiger partial charge in [-0.25, -0.2) is 4.98 Å². The molecule has 1 aromatic heterocycles. The summed E-state index contributed by atoms with van der Waals surface area (Å²) < 4.78 is 5.31. The summed E-state index contributed by atoms with van der Waals surface area (Å²) in [6.45, 7) is 12.7. The van der Waals surface area contributed by atoms with Crippen LogP contribution in [0.5, 0.6) is 0 Å². The standard InChI is InChI=1S/C16H26N2O2S/c1-15(2,3)18-10-12-8-7-9-17-14(12)21-11-13(19)20-16(4,5)6/h7-9,18H,10-11H2,1-6H3. The average molecular weight is 310 g/mol. The molecule has 1 N–H and O–H groups in total. The van der Waals surface area contributed by atoms with Crippen molar-refractivity contribution in [2.45, 2.75) is 64.3 Å². The lowest BCUT2D eigenvalue weighted by Gasteiger charge is -2.21. The molecule has 0 spiro atoms. The molecule has 0 radical (unpaired) electrons. The molecule has 0 fully saturated rings. The number of nitrogens with one attached hydrogen (secondary N) is 1. The van der Waals surface area contributed by atoms with E-state index in [1.807, 2.05) is 32.9 Å². The van der Waals surface area contributed by atoms with Crippen molar-refractivity contribution in [3.63, 3.8) is 0 Å². The second-order valence-electron chi connectivity index (χ2n) is 6.95. The Hall–Kier alpha value is -1.07. The highest BCUT2D eigenvalue weighted by Gasteiger charge is 2.17. The number of aromatic nitrogens is 1. The van der Waals surface area contributed by atoms with Crippen LogP contribution in [0.3, 0.4) is 0 Å². The van der Waals surface area contributed by atoms with E-state index in [4.69, 9.17) is 4.74 Å². The number of esters is 1. The summed E-state index contributed by atoms with van der Waals surface area (Å²) in [5.41, 5.74) is 0.697. The summed E-state index contributed by atoms with van der Waals surface area (Å²) in [6.07, 6.45) is 1.75. The lowest BCUT2D eigenvalue weighted by Crippen LogP contribution is -2.35. The third-order valence-corrected chi connectivity index (χ3v) is 3.43. The lowest BCUT2D eigenvalue weighted by molar-refractivity contribution is -0.151. The zero-order valence-electron chi connectivity index (χ0n) is 13.8. The molecule has 4 nitrogen and oxygen atoms in total. The molecule has 0 aliphatic heterocycles. The van der Waals surface area contributed by atoms with E-state index in [1.54, 1.807) is 6.20 Å². The maximum atomic E-state index is 11.8. The van der Waals surface area contributed by atoms with Crippen LogP contribution >= 0.6 is 11.8 Å². The number of nitrogens with zero attached hydrogens (tertiary/aromatic N) is 1. The van der Waals surface area contributed by atoms with Gasteiger partial charge in [-0.3, -0.25) is 4.79 Å². The van der Waals surface area contributed by atoms with Crippen molar-refractivity contribution in [1.29, 1.82) is 0 Å². The summed E-state index contributed by atoms with van der Waals surface area (Å²) >= 11 is 1.42. The van der Waals surface area contributed by atoms with Crippen LogP contribution in [0.2, 0.25) is 0 Å². The van der Waals surface area contributed by atoms with Crippen LogP contribution in [0.1, 0.15) is 47.1 Å². The fraction of sp³-hybridized carbons (Fsp3) is 0.625. The van der Waals surface area contributed by atoms with Gasteiger partial charge in [0.25, 0.3) is 0 Å². The van der Waals surface area contributed by atoms with Gasteiger partial charge in [0.1, 0.15) is 10.6 Å². The predicted molar refractivity (Wildman–Crippen MR) is 87.4 cm³/mol. The summed E-state index contributed by atoms with van der Waals surface area (Å²) in [5.74, 6) is 0.0597. The number of hydrogen-bond acceptors (Lipinski definition) is 5. The van der Waals surface area contributed by atoms with Gasteiger partial charge < -0.3 is 10.1 Å². The second kappa shape index (κ2) is 7.27. The molecule has 0 aromatic carbocycles. The molecule has 1 aromatic rings. The van der Waals surface area contributed by atoms with Gasteiger partial charge in [0.15, 0.2) is 0 Å². The van der Waals surface area contributed by atoms with Crippen molar-refractivity contribution in [2.75, 3.05) is 5.75 Å². The molecule has 0 aliphatic carbocycles. The Morgan fingerprint density at radius 2 is 1.95 bits per heavy atom. The fourth-order valence-electron chi connectivity index (χ4n) is 1.55. The van der Waals surface area contributed by atoms with Crippen LogP contribution < -0.4 is 5.32 Å². The quantitative estimate of drug-likeness (QED) is 0.667. The van der Waals surface area contributed by atoms with Gasteiger partial charge in [0.05, 0.1) is 5.75 Å². The zero-order valence-corrected chi connectivity index (χ0v) is 14.6. The minimum Gasteiger partial charge on any atom is -0.459 e. The normalized spacial score (nSPS) is 12.3. The summed E-state index contributed by atoms with van der Waals surface area (Å²) in [4.78, 5) is 16.1. The van der Waals surface area contributed by atoms with E-state index in [9.17, 15) is 4.79 Å². The van der Waals surface area contributed by atoms with Crippen LogP contribution in [0.15, 0.2) is 23.4 Å². The van der Waals surface area contributed by atoms with E-state index >= 15 is 0 Å². The van der Waals surface area contributed by atoms with Crippen molar-refractivity contribution >= 4 is 17.7 Å². The van der Waals surface area contributed by atoms with Crippen LogP contribution in [-0.2, 0) is 16.1 Å². The summed E-state index contributed by atoms with van der Waals surface area (Å²) in [7, 11) is 0. The van der Waals surface area contributed by atoms with E-state index in [1.165, 1.54) is 11.8 Å². The first-order chi connectivity index (χ1) is 9.57. The van der Waals surface area contributed by atoms with E-state index < -0.39 is 5.60 Å². The minimum atomic E-state index is -0.446. The number of ether oxygens (including phenoxy) is 1. The summed E-state index contributed by atoms with van der Waals surface area (Å²) in [6, 6.07) is 3.94. The Balaban J connectivity index is 2.61. The largest absolute Gasteiger partial charge is 0.459 e. The van der Waals surface area contributed by atoms with Crippen LogP contribution in [0.4, 0.5) is 0 Å². The number of hydrogen-bond donors (Lipinski definition) is 1. The maximum Gasteiger partial charge on any atom is 0.316 e. The van der Waals surface area contributed by atoms with Crippen molar-refractivity contribution in [2.24, 2.45) is 0 Å². The van der Waals surface area contributed by atoms with Gasteiger partial charge in [-0.15, -0.1) is 0 Å². The molecule has 21 heavy (non-hydrogen) atoms. The topological polar surface area (TPSA) is 51.2 Å². The molecule has 5 heteroatoms. The molecule has 0 bridgehead atoms. The monoisotopic (exact) mass is 310 g/mol. The van der Waals surface area contributed by atoms with Crippen LogP contribution in [0, 0.1) is 0 Å². The molecular formula is C16H26N2O2S. The molecule has 0 aliphatic rings. The molecule has 1 rings (SSSR count). The van der Waals surface area contributed by atoms with Gasteiger partial charge in [0.2, 0.25) is 0 Å². The first-order valence-corrected chi connectivity index (χ1v) is 8.09. The second-order valence-corrected chi connectivity index (χ2v) is 7.91. The first-order valence-electron chi connectivity index (χ1n) is 7.10. The number of pyridine rings is 1. The lowest BCUT2D eigenvalue weighted by atomic mass is 10.1. The highest BCUT2D eigenvalue weighted by atomic mass is 32.2. The number of carbonyl (C=O) groups excluding carboxylic acids is 1. The third-order valence-electron chi connectivity index (χ3n) is 2.41. The van der Waals surface area contributed by atoms with Gasteiger partial charge in [-0.1, -0.05) is 17.8 Å². The highest BCUT2D eigenvalue weighted by Crippen LogP contribution is 2.21.